The molecule has 8 heteroatoms. The molecular formula is C25H33N3O5. The minimum atomic E-state index is -0.607. The third-order valence-corrected chi connectivity index (χ3v) is 4.84. The van der Waals surface area contributed by atoms with Gasteiger partial charge in [0.05, 0.1) is 6.54 Å². The molecular weight excluding hydrogens is 422 g/mol. The smallest absolute Gasteiger partial charge is 0.410 e. The first-order chi connectivity index (χ1) is 15.4. The third kappa shape index (κ3) is 7.91. The minimum Gasteiger partial charge on any atom is -0.410 e. The summed E-state index contributed by atoms with van der Waals surface area (Å²) in [6.45, 7) is 6.85. The van der Waals surface area contributed by atoms with Crippen LogP contribution in [0.5, 0.6) is 11.5 Å². The van der Waals surface area contributed by atoms with Crippen molar-refractivity contribution in [2.24, 2.45) is 0 Å². The second-order valence-corrected chi connectivity index (χ2v) is 9.15. The predicted octanol–water partition coefficient (Wildman–Crippen LogP) is 4.29. The Balaban J connectivity index is 2.34. The Labute approximate surface area is 195 Å². The molecule has 0 atom stereocenters. The first-order valence-corrected chi connectivity index (χ1v) is 10.6. The molecule has 2 amide bonds. The van der Waals surface area contributed by atoms with Crippen LogP contribution >= 0.6 is 0 Å². The molecule has 2 aromatic rings. The zero-order valence-electron chi connectivity index (χ0n) is 20.4. The number of ether oxygens (including phenoxy) is 2. The lowest BCUT2D eigenvalue weighted by Crippen LogP contribution is -2.43. The van der Waals surface area contributed by atoms with Crippen LogP contribution in [0.25, 0.3) is 0 Å². The summed E-state index contributed by atoms with van der Waals surface area (Å²) in [5.74, 6) is 0.0451. The standard InChI is InChI=1S/C25H33N3O5/c1-25(2,3)28(16-18-11-9-8-10-12-18)17-22(29)19-13-20(32-23(30)26(4)5)15-21(14-19)33-24(31)27(6)7/h8-15H,16-17H2,1-7H3. The average molecular weight is 456 g/mol. The summed E-state index contributed by atoms with van der Waals surface area (Å²) in [5.41, 5.74) is 1.10. The Bertz CT molecular complexity index is 941. The van der Waals surface area contributed by atoms with E-state index < -0.39 is 12.2 Å². The minimum absolute atomic E-state index is 0.117. The van der Waals surface area contributed by atoms with Gasteiger partial charge in [-0.1, -0.05) is 30.3 Å². The normalized spacial score (nSPS) is 11.2. The zero-order chi connectivity index (χ0) is 24.8. The van der Waals surface area contributed by atoms with Gasteiger partial charge in [0.15, 0.2) is 5.78 Å². The maximum Gasteiger partial charge on any atom is 0.414 e. The SMILES string of the molecule is CN(C)C(=O)Oc1cc(OC(=O)N(C)C)cc(C(=O)CN(Cc2ccccc2)C(C)(C)C)c1. The van der Waals surface area contributed by atoms with Crippen molar-refractivity contribution < 1.29 is 23.9 Å². The number of hydrogen-bond acceptors (Lipinski definition) is 6. The van der Waals surface area contributed by atoms with Gasteiger partial charge >= 0.3 is 12.2 Å². The number of carbonyl (C=O) groups is 3. The number of Topliss-reactive ketones (excluding diaryl/α,β-unsaturated/α-hetero) is 1. The van der Waals surface area contributed by atoms with Crippen LogP contribution in [0.4, 0.5) is 9.59 Å². The highest BCUT2D eigenvalue weighted by Gasteiger charge is 2.25. The van der Waals surface area contributed by atoms with Gasteiger partial charge in [0.2, 0.25) is 0 Å². The van der Waals surface area contributed by atoms with Crippen LogP contribution in [-0.4, -0.2) is 72.9 Å². The van der Waals surface area contributed by atoms with Crippen molar-refractivity contribution in [2.45, 2.75) is 32.9 Å². The maximum absolute atomic E-state index is 13.3. The van der Waals surface area contributed by atoms with Crippen LogP contribution in [0.2, 0.25) is 0 Å². The largest absolute Gasteiger partial charge is 0.414 e. The number of ketones is 1. The van der Waals surface area contributed by atoms with E-state index in [0.29, 0.717) is 6.54 Å². The van der Waals surface area contributed by atoms with Crippen LogP contribution in [0, 0.1) is 0 Å². The van der Waals surface area contributed by atoms with Crippen molar-refractivity contribution in [3.05, 3.63) is 59.7 Å². The molecule has 0 spiro atoms. The van der Waals surface area contributed by atoms with Gasteiger partial charge in [-0.2, -0.15) is 0 Å². The molecule has 0 saturated carbocycles. The van der Waals surface area contributed by atoms with Crippen molar-refractivity contribution in [3.8, 4) is 11.5 Å². The Morgan fingerprint density at radius 1 is 0.788 bits per heavy atom. The Kier molecular flexibility index (Phi) is 8.59. The number of benzene rings is 2. The molecule has 0 N–H and O–H groups in total. The van der Waals surface area contributed by atoms with E-state index in [2.05, 4.69) is 4.90 Å². The van der Waals surface area contributed by atoms with Crippen molar-refractivity contribution in [3.63, 3.8) is 0 Å². The van der Waals surface area contributed by atoms with Crippen LogP contribution in [0.1, 0.15) is 36.7 Å². The Hall–Kier alpha value is -3.39. The first kappa shape index (κ1) is 25.9. The van der Waals surface area contributed by atoms with E-state index in [1.165, 1.54) is 28.0 Å². The van der Waals surface area contributed by atoms with Crippen LogP contribution in [0.15, 0.2) is 48.5 Å². The molecule has 0 heterocycles. The van der Waals surface area contributed by atoms with Crippen molar-refractivity contribution in [1.29, 1.82) is 0 Å². The Morgan fingerprint density at radius 2 is 1.27 bits per heavy atom. The first-order valence-electron chi connectivity index (χ1n) is 10.6. The van der Waals surface area contributed by atoms with Gasteiger partial charge in [-0.25, -0.2) is 9.59 Å². The summed E-state index contributed by atoms with van der Waals surface area (Å²) in [7, 11) is 6.20. The van der Waals surface area contributed by atoms with Crippen molar-refractivity contribution in [2.75, 3.05) is 34.7 Å². The van der Waals surface area contributed by atoms with Gasteiger partial charge in [-0.3, -0.25) is 9.69 Å². The summed E-state index contributed by atoms with van der Waals surface area (Å²) in [5, 5.41) is 0. The van der Waals surface area contributed by atoms with E-state index in [9.17, 15) is 14.4 Å². The highest BCUT2D eigenvalue weighted by atomic mass is 16.6. The summed E-state index contributed by atoms with van der Waals surface area (Å²) in [6.07, 6.45) is -1.21. The molecule has 0 radical (unpaired) electrons. The molecule has 0 aliphatic carbocycles. The monoisotopic (exact) mass is 455 g/mol. The summed E-state index contributed by atoms with van der Waals surface area (Å²) in [6, 6.07) is 14.3. The lowest BCUT2D eigenvalue weighted by atomic mass is 10.0. The molecule has 33 heavy (non-hydrogen) atoms. The summed E-state index contributed by atoms with van der Waals surface area (Å²) >= 11 is 0. The van der Waals surface area contributed by atoms with Gasteiger partial charge in [0.25, 0.3) is 0 Å². The quantitative estimate of drug-likeness (QED) is 0.580. The molecule has 0 unspecified atom stereocenters. The fourth-order valence-corrected chi connectivity index (χ4v) is 2.83. The average Bonchev–Trinajstić information content (AvgIpc) is 2.72. The lowest BCUT2D eigenvalue weighted by molar-refractivity contribution is 0.0792. The molecule has 2 rings (SSSR count). The van der Waals surface area contributed by atoms with Crippen molar-refractivity contribution in [1.82, 2.24) is 14.7 Å². The highest BCUT2D eigenvalue weighted by Crippen LogP contribution is 2.26. The van der Waals surface area contributed by atoms with E-state index >= 15 is 0 Å². The molecule has 178 valence electrons. The molecule has 0 aliphatic rings. The van der Waals surface area contributed by atoms with E-state index in [4.69, 9.17) is 9.47 Å². The molecule has 0 aliphatic heterocycles. The molecule has 0 aromatic heterocycles. The van der Waals surface area contributed by atoms with Gasteiger partial charge in [0.1, 0.15) is 11.5 Å². The second-order valence-electron chi connectivity index (χ2n) is 9.15. The molecule has 0 fully saturated rings. The van der Waals surface area contributed by atoms with E-state index in [1.54, 1.807) is 28.2 Å². The fourth-order valence-electron chi connectivity index (χ4n) is 2.83. The van der Waals surface area contributed by atoms with Gasteiger partial charge in [0, 0.05) is 51.9 Å². The maximum atomic E-state index is 13.3. The Morgan fingerprint density at radius 3 is 1.70 bits per heavy atom. The number of rotatable bonds is 7. The van der Waals surface area contributed by atoms with Gasteiger partial charge < -0.3 is 19.3 Å². The van der Waals surface area contributed by atoms with Crippen LogP contribution in [-0.2, 0) is 6.54 Å². The van der Waals surface area contributed by atoms with Gasteiger partial charge in [-0.05, 0) is 38.5 Å². The van der Waals surface area contributed by atoms with Crippen molar-refractivity contribution >= 4 is 18.0 Å². The van der Waals surface area contributed by atoms with E-state index in [-0.39, 0.29) is 34.9 Å². The van der Waals surface area contributed by atoms with Crippen LogP contribution < -0.4 is 9.47 Å². The predicted molar refractivity (Wildman–Crippen MR) is 127 cm³/mol. The molecule has 8 nitrogen and oxygen atoms in total. The third-order valence-electron chi connectivity index (χ3n) is 4.84. The fraction of sp³-hybridized carbons (Fsp3) is 0.400. The zero-order valence-corrected chi connectivity index (χ0v) is 20.4. The highest BCUT2D eigenvalue weighted by molar-refractivity contribution is 5.98. The number of hydrogen-bond donors (Lipinski definition) is 0. The number of nitrogens with zero attached hydrogens (tertiary/aromatic N) is 3. The lowest BCUT2D eigenvalue weighted by Gasteiger charge is -2.35. The molecule has 0 bridgehead atoms. The molecule has 2 aromatic carbocycles. The van der Waals surface area contributed by atoms with Crippen LogP contribution in [0.3, 0.4) is 0 Å². The second kappa shape index (κ2) is 11.0. The number of amides is 2. The number of carbonyl (C=O) groups excluding carboxylic acids is 3. The van der Waals surface area contributed by atoms with E-state index in [0.717, 1.165) is 5.56 Å². The van der Waals surface area contributed by atoms with E-state index in [1.807, 2.05) is 51.1 Å². The van der Waals surface area contributed by atoms with Gasteiger partial charge in [-0.15, -0.1) is 0 Å². The topological polar surface area (TPSA) is 79.4 Å². The summed E-state index contributed by atoms with van der Waals surface area (Å²) < 4.78 is 10.7. The summed E-state index contributed by atoms with van der Waals surface area (Å²) in [4.78, 5) is 42.0. The molecule has 0 saturated heterocycles.